The first kappa shape index (κ1) is 13.1. The van der Waals surface area contributed by atoms with Crippen LogP contribution in [0.15, 0.2) is 47.2 Å². The molecule has 102 valence electrons. The molecule has 2 aromatic rings. The first-order valence-electron chi connectivity index (χ1n) is 6.35. The van der Waals surface area contributed by atoms with Crippen LogP contribution in [0, 0.1) is 5.92 Å². The Labute approximate surface area is 125 Å². The molecule has 0 aliphatic carbocycles. The number of para-hydroxylation sites is 1. The lowest BCUT2D eigenvalue weighted by Gasteiger charge is -2.24. The molecule has 0 radical (unpaired) electrons. The van der Waals surface area contributed by atoms with Crippen molar-refractivity contribution in [1.82, 2.24) is 4.98 Å². The third kappa shape index (κ3) is 2.82. The molecule has 1 amide bonds. The molecule has 0 spiro atoms. The third-order valence-corrected chi connectivity index (χ3v) is 3.71. The highest BCUT2D eigenvalue weighted by molar-refractivity contribution is 9.10. The van der Waals surface area contributed by atoms with Crippen molar-refractivity contribution in [3.63, 3.8) is 0 Å². The van der Waals surface area contributed by atoms with Gasteiger partial charge in [0.1, 0.15) is 17.0 Å². The molecular weight excluding hydrogens is 320 g/mol. The summed E-state index contributed by atoms with van der Waals surface area (Å²) >= 11 is 3.26. The maximum Gasteiger partial charge on any atom is 0.231 e. The van der Waals surface area contributed by atoms with Crippen molar-refractivity contribution < 1.29 is 9.53 Å². The van der Waals surface area contributed by atoms with Crippen molar-refractivity contribution in [2.45, 2.75) is 6.42 Å². The second-order valence-corrected chi connectivity index (χ2v) is 5.49. The van der Waals surface area contributed by atoms with Gasteiger partial charge < -0.3 is 10.1 Å². The van der Waals surface area contributed by atoms with E-state index in [1.165, 1.54) is 0 Å². The molecule has 0 saturated carbocycles. The summed E-state index contributed by atoms with van der Waals surface area (Å²) in [6.07, 6.45) is 2.32. The van der Waals surface area contributed by atoms with Gasteiger partial charge in [-0.05, 0) is 46.1 Å². The number of hydrogen-bond acceptors (Lipinski definition) is 3. The Kier molecular flexibility index (Phi) is 3.69. The molecule has 0 fully saturated rings. The molecule has 1 aliphatic rings. The summed E-state index contributed by atoms with van der Waals surface area (Å²) in [4.78, 5) is 16.3. The third-order valence-electron chi connectivity index (χ3n) is 3.24. The summed E-state index contributed by atoms with van der Waals surface area (Å²) in [7, 11) is 0. The molecule has 1 aromatic heterocycles. The van der Waals surface area contributed by atoms with Crippen LogP contribution in [0.3, 0.4) is 0 Å². The number of aromatic nitrogens is 1. The predicted octanol–water partition coefficient (Wildman–Crippen LogP) is 3.03. The van der Waals surface area contributed by atoms with Crippen LogP contribution in [0.25, 0.3) is 0 Å². The zero-order chi connectivity index (χ0) is 13.9. The lowest BCUT2D eigenvalue weighted by molar-refractivity contribution is -0.121. The Bertz CT molecular complexity index is 628. The number of carbonyl (C=O) groups excluding carboxylic acids is 1. The van der Waals surface area contributed by atoms with E-state index < -0.39 is 0 Å². The highest BCUT2D eigenvalue weighted by Gasteiger charge is 2.25. The van der Waals surface area contributed by atoms with Gasteiger partial charge in [-0.1, -0.05) is 18.2 Å². The van der Waals surface area contributed by atoms with E-state index in [-0.39, 0.29) is 11.8 Å². The molecular formula is C15H13BrN2O2. The number of pyridine rings is 1. The van der Waals surface area contributed by atoms with Gasteiger partial charge in [0.05, 0.1) is 17.8 Å². The zero-order valence-electron chi connectivity index (χ0n) is 10.7. The standard InChI is InChI=1S/C15H13BrN2O2/c16-14-6-5-12(8-17-14)18-15(19)11-7-10-3-1-2-4-13(10)20-9-11/h1-6,8,11H,7,9H2,(H,18,19). The summed E-state index contributed by atoms with van der Waals surface area (Å²) in [5, 5.41) is 2.87. The minimum Gasteiger partial charge on any atom is -0.492 e. The van der Waals surface area contributed by atoms with Crippen LogP contribution in [-0.2, 0) is 11.2 Å². The highest BCUT2D eigenvalue weighted by atomic mass is 79.9. The predicted molar refractivity (Wildman–Crippen MR) is 79.7 cm³/mol. The number of ether oxygens (including phenoxy) is 1. The van der Waals surface area contributed by atoms with Gasteiger partial charge in [-0.15, -0.1) is 0 Å². The van der Waals surface area contributed by atoms with Crippen molar-refractivity contribution in [3.05, 3.63) is 52.8 Å². The number of rotatable bonds is 2. The van der Waals surface area contributed by atoms with Gasteiger partial charge in [0, 0.05) is 0 Å². The number of carbonyl (C=O) groups is 1. The van der Waals surface area contributed by atoms with E-state index >= 15 is 0 Å². The van der Waals surface area contributed by atoms with Crippen molar-refractivity contribution in [1.29, 1.82) is 0 Å². The Balaban J connectivity index is 1.68. The lowest BCUT2D eigenvalue weighted by Crippen LogP contribution is -2.32. The fraction of sp³-hybridized carbons (Fsp3) is 0.200. The van der Waals surface area contributed by atoms with E-state index in [2.05, 4.69) is 26.2 Å². The quantitative estimate of drug-likeness (QED) is 0.860. The van der Waals surface area contributed by atoms with E-state index in [1.807, 2.05) is 30.3 Å². The SMILES string of the molecule is O=C(Nc1ccc(Br)nc1)C1COc2ccccc2C1. The maximum atomic E-state index is 12.2. The molecule has 1 aliphatic heterocycles. The van der Waals surface area contributed by atoms with Crippen LogP contribution in [-0.4, -0.2) is 17.5 Å². The van der Waals surface area contributed by atoms with Crippen molar-refractivity contribution in [2.24, 2.45) is 5.92 Å². The number of fused-ring (bicyclic) bond motifs is 1. The van der Waals surface area contributed by atoms with Crippen molar-refractivity contribution in [3.8, 4) is 5.75 Å². The Hall–Kier alpha value is -1.88. The van der Waals surface area contributed by atoms with Crippen LogP contribution < -0.4 is 10.1 Å². The van der Waals surface area contributed by atoms with Gasteiger partial charge in [0.25, 0.3) is 0 Å². The summed E-state index contributed by atoms with van der Waals surface area (Å²) < 4.78 is 6.37. The van der Waals surface area contributed by atoms with E-state index in [0.717, 1.165) is 15.9 Å². The number of amides is 1. The van der Waals surface area contributed by atoms with Gasteiger partial charge in [-0.2, -0.15) is 0 Å². The normalized spacial score (nSPS) is 16.9. The average molecular weight is 333 g/mol. The van der Waals surface area contributed by atoms with Gasteiger partial charge in [0.15, 0.2) is 0 Å². The molecule has 1 unspecified atom stereocenters. The van der Waals surface area contributed by atoms with Gasteiger partial charge in [-0.25, -0.2) is 4.98 Å². The summed E-state index contributed by atoms with van der Waals surface area (Å²) in [5.41, 5.74) is 1.77. The van der Waals surface area contributed by atoms with Gasteiger partial charge in [-0.3, -0.25) is 4.79 Å². The first-order valence-corrected chi connectivity index (χ1v) is 7.15. The first-order chi connectivity index (χ1) is 9.72. The lowest BCUT2D eigenvalue weighted by atomic mass is 9.96. The maximum absolute atomic E-state index is 12.2. The Morgan fingerprint density at radius 2 is 2.15 bits per heavy atom. The summed E-state index contributed by atoms with van der Waals surface area (Å²) in [5.74, 6) is 0.666. The van der Waals surface area contributed by atoms with Crippen LogP contribution >= 0.6 is 15.9 Å². The molecule has 3 rings (SSSR count). The van der Waals surface area contributed by atoms with Crippen LogP contribution in [0.4, 0.5) is 5.69 Å². The van der Waals surface area contributed by atoms with Gasteiger partial charge >= 0.3 is 0 Å². The molecule has 1 N–H and O–H groups in total. The van der Waals surface area contributed by atoms with Crippen LogP contribution in [0.1, 0.15) is 5.56 Å². The fourth-order valence-corrected chi connectivity index (χ4v) is 2.43. The molecule has 2 heterocycles. The summed E-state index contributed by atoms with van der Waals surface area (Å²) in [6.45, 7) is 0.410. The highest BCUT2D eigenvalue weighted by Crippen LogP contribution is 2.27. The largest absolute Gasteiger partial charge is 0.492 e. The van der Waals surface area contributed by atoms with Crippen LogP contribution in [0.2, 0.25) is 0 Å². The van der Waals surface area contributed by atoms with Crippen molar-refractivity contribution >= 4 is 27.5 Å². The second-order valence-electron chi connectivity index (χ2n) is 4.68. The Morgan fingerprint density at radius 1 is 1.30 bits per heavy atom. The monoisotopic (exact) mass is 332 g/mol. The summed E-state index contributed by atoms with van der Waals surface area (Å²) in [6, 6.07) is 11.4. The molecule has 0 saturated heterocycles. The molecule has 1 atom stereocenters. The Morgan fingerprint density at radius 3 is 2.95 bits per heavy atom. The number of nitrogens with one attached hydrogen (secondary N) is 1. The van der Waals surface area contributed by atoms with Crippen molar-refractivity contribution in [2.75, 3.05) is 11.9 Å². The van der Waals surface area contributed by atoms with Gasteiger partial charge in [0.2, 0.25) is 5.91 Å². The fourth-order valence-electron chi connectivity index (χ4n) is 2.19. The van der Waals surface area contributed by atoms with E-state index in [4.69, 9.17) is 4.74 Å². The number of halogens is 1. The molecule has 1 aromatic carbocycles. The molecule has 0 bridgehead atoms. The smallest absolute Gasteiger partial charge is 0.231 e. The van der Waals surface area contributed by atoms with E-state index in [9.17, 15) is 4.79 Å². The molecule has 20 heavy (non-hydrogen) atoms. The topological polar surface area (TPSA) is 51.2 Å². The minimum atomic E-state index is -0.173. The average Bonchev–Trinajstić information content (AvgIpc) is 2.49. The second kappa shape index (κ2) is 5.63. The zero-order valence-corrected chi connectivity index (χ0v) is 12.3. The minimum absolute atomic E-state index is 0.0383. The molecule has 5 heteroatoms. The number of benzene rings is 1. The molecule has 4 nitrogen and oxygen atoms in total. The number of nitrogens with zero attached hydrogens (tertiary/aromatic N) is 1. The van der Waals surface area contributed by atoms with E-state index in [1.54, 1.807) is 12.3 Å². The number of anilines is 1. The van der Waals surface area contributed by atoms with E-state index in [0.29, 0.717) is 18.7 Å². The number of hydrogen-bond donors (Lipinski definition) is 1. The van der Waals surface area contributed by atoms with Crippen LogP contribution in [0.5, 0.6) is 5.75 Å².